The van der Waals surface area contributed by atoms with E-state index in [-0.39, 0.29) is 19.1 Å². The second-order valence-electron chi connectivity index (χ2n) is 5.39. The Morgan fingerprint density at radius 2 is 1.54 bits per heavy atom. The highest BCUT2D eigenvalue weighted by Gasteiger charge is 2.09. The number of hydrogen-bond donors (Lipinski definition) is 1. The topological polar surface area (TPSA) is 55.4 Å². The van der Waals surface area contributed by atoms with Gasteiger partial charge in [-0.05, 0) is 28.5 Å². The number of hydrogen-bond acceptors (Lipinski definition) is 3. The predicted octanol–water partition coefficient (Wildman–Crippen LogP) is 3.31. The predicted molar refractivity (Wildman–Crippen MR) is 92.5 cm³/mol. The molecule has 0 fully saturated rings. The van der Waals surface area contributed by atoms with Gasteiger partial charge in [-0.25, -0.2) is 0 Å². The molecule has 120 valence electrons. The van der Waals surface area contributed by atoms with E-state index in [0.29, 0.717) is 5.56 Å². The first-order valence-electron chi connectivity index (χ1n) is 7.69. The normalized spacial score (nSPS) is 10.3. The highest BCUT2D eigenvalue weighted by atomic mass is 16.5. The van der Waals surface area contributed by atoms with Crippen LogP contribution in [-0.2, 0) is 16.1 Å². The van der Waals surface area contributed by atoms with Gasteiger partial charge in [0.1, 0.15) is 13.2 Å². The summed E-state index contributed by atoms with van der Waals surface area (Å²) in [5, 5.41) is 4.64. The van der Waals surface area contributed by atoms with Crippen LogP contribution in [0.1, 0.15) is 15.9 Å². The number of amides is 1. The molecule has 1 amide bonds. The van der Waals surface area contributed by atoms with Gasteiger partial charge < -0.3 is 10.1 Å². The van der Waals surface area contributed by atoms with Gasteiger partial charge in [-0.15, -0.1) is 0 Å². The van der Waals surface area contributed by atoms with Gasteiger partial charge in [0, 0.05) is 5.56 Å². The zero-order valence-electron chi connectivity index (χ0n) is 13.1. The van der Waals surface area contributed by atoms with E-state index in [1.165, 1.54) is 0 Å². The maximum absolute atomic E-state index is 12.1. The van der Waals surface area contributed by atoms with Crippen LogP contribution in [0.25, 0.3) is 10.8 Å². The van der Waals surface area contributed by atoms with Crippen molar-refractivity contribution in [1.29, 1.82) is 0 Å². The van der Waals surface area contributed by atoms with Crippen molar-refractivity contribution < 1.29 is 14.3 Å². The van der Waals surface area contributed by atoms with Crippen molar-refractivity contribution in [3.8, 4) is 0 Å². The average Bonchev–Trinajstić information content (AvgIpc) is 2.65. The molecule has 0 radical (unpaired) electrons. The Kier molecular flexibility index (Phi) is 4.87. The van der Waals surface area contributed by atoms with E-state index in [9.17, 15) is 9.59 Å². The molecular formula is C20H17NO3. The summed E-state index contributed by atoms with van der Waals surface area (Å²) in [7, 11) is 0. The molecule has 0 aromatic heterocycles. The van der Waals surface area contributed by atoms with Crippen molar-refractivity contribution in [2.75, 3.05) is 6.54 Å². The minimum atomic E-state index is -0.465. The molecule has 0 aliphatic heterocycles. The van der Waals surface area contributed by atoms with Crippen LogP contribution in [0.3, 0.4) is 0 Å². The molecule has 0 aliphatic rings. The zero-order valence-corrected chi connectivity index (χ0v) is 13.1. The van der Waals surface area contributed by atoms with Crippen LogP contribution in [-0.4, -0.2) is 18.4 Å². The van der Waals surface area contributed by atoms with Crippen LogP contribution in [0.4, 0.5) is 0 Å². The van der Waals surface area contributed by atoms with Crippen LogP contribution >= 0.6 is 0 Å². The van der Waals surface area contributed by atoms with E-state index in [4.69, 9.17) is 4.74 Å². The maximum Gasteiger partial charge on any atom is 0.325 e. The summed E-state index contributed by atoms with van der Waals surface area (Å²) in [6.45, 7) is 0.0456. The van der Waals surface area contributed by atoms with Crippen molar-refractivity contribution in [3.63, 3.8) is 0 Å². The van der Waals surface area contributed by atoms with Crippen molar-refractivity contribution in [2.24, 2.45) is 0 Å². The fourth-order valence-corrected chi connectivity index (χ4v) is 2.37. The first-order valence-corrected chi connectivity index (χ1v) is 7.69. The van der Waals surface area contributed by atoms with E-state index in [1.54, 1.807) is 12.1 Å². The fraction of sp³-hybridized carbons (Fsp3) is 0.100. The lowest BCUT2D eigenvalue weighted by Crippen LogP contribution is -2.30. The SMILES string of the molecule is O=C(CNC(=O)c1ccc2ccccc2c1)OCc1ccccc1. The smallest absolute Gasteiger partial charge is 0.325 e. The molecule has 0 saturated carbocycles. The fourth-order valence-electron chi connectivity index (χ4n) is 2.37. The summed E-state index contributed by atoms with van der Waals surface area (Å²) in [6.07, 6.45) is 0. The quantitative estimate of drug-likeness (QED) is 0.734. The molecule has 0 aliphatic carbocycles. The van der Waals surface area contributed by atoms with Gasteiger partial charge in [-0.2, -0.15) is 0 Å². The summed E-state index contributed by atoms with van der Waals surface area (Å²) in [6, 6.07) is 22.6. The second kappa shape index (κ2) is 7.42. The number of carbonyl (C=O) groups excluding carboxylic acids is 2. The Labute approximate surface area is 140 Å². The molecule has 0 spiro atoms. The van der Waals surface area contributed by atoms with E-state index in [1.807, 2.05) is 60.7 Å². The minimum Gasteiger partial charge on any atom is -0.460 e. The lowest BCUT2D eigenvalue weighted by atomic mass is 10.1. The highest BCUT2D eigenvalue weighted by molar-refractivity contribution is 5.99. The molecule has 4 nitrogen and oxygen atoms in total. The third-order valence-corrected chi connectivity index (χ3v) is 3.65. The van der Waals surface area contributed by atoms with Crippen LogP contribution in [0.5, 0.6) is 0 Å². The largest absolute Gasteiger partial charge is 0.460 e. The standard InChI is InChI=1S/C20H17NO3/c22-19(24-14-15-6-2-1-3-7-15)13-21-20(23)18-11-10-16-8-4-5-9-17(16)12-18/h1-12H,13-14H2,(H,21,23). The van der Waals surface area contributed by atoms with E-state index in [2.05, 4.69) is 5.32 Å². The minimum absolute atomic E-state index is 0.154. The number of ether oxygens (including phenoxy) is 1. The summed E-state index contributed by atoms with van der Waals surface area (Å²) >= 11 is 0. The zero-order chi connectivity index (χ0) is 16.8. The summed E-state index contributed by atoms with van der Waals surface area (Å²) < 4.78 is 5.13. The summed E-state index contributed by atoms with van der Waals surface area (Å²) in [4.78, 5) is 23.9. The first kappa shape index (κ1) is 15.7. The first-order chi connectivity index (χ1) is 11.7. The van der Waals surface area contributed by atoms with Gasteiger partial charge in [0.25, 0.3) is 5.91 Å². The Hall–Kier alpha value is -3.14. The Morgan fingerprint density at radius 3 is 2.33 bits per heavy atom. The van der Waals surface area contributed by atoms with Gasteiger partial charge in [0.05, 0.1) is 0 Å². The van der Waals surface area contributed by atoms with Crippen molar-refractivity contribution in [2.45, 2.75) is 6.61 Å². The van der Waals surface area contributed by atoms with E-state index >= 15 is 0 Å². The van der Waals surface area contributed by atoms with Crippen LogP contribution in [0, 0.1) is 0 Å². The number of carbonyl (C=O) groups is 2. The molecule has 0 bridgehead atoms. The number of esters is 1. The Bertz CT molecular complexity index is 859. The lowest BCUT2D eigenvalue weighted by molar-refractivity contribution is -0.143. The average molecular weight is 319 g/mol. The van der Waals surface area contributed by atoms with Crippen LogP contribution < -0.4 is 5.32 Å². The van der Waals surface area contributed by atoms with Gasteiger partial charge in [-0.1, -0.05) is 60.7 Å². The molecule has 1 N–H and O–H groups in total. The molecule has 0 heterocycles. The van der Waals surface area contributed by atoms with Crippen molar-refractivity contribution in [3.05, 3.63) is 83.9 Å². The lowest BCUT2D eigenvalue weighted by Gasteiger charge is -2.07. The number of fused-ring (bicyclic) bond motifs is 1. The Morgan fingerprint density at radius 1 is 0.833 bits per heavy atom. The highest BCUT2D eigenvalue weighted by Crippen LogP contribution is 2.15. The molecule has 4 heteroatoms. The molecule has 0 saturated heterocycles. The van der Waals surface area contributed by atoms with Crippen molar-refractivity contribution >= 4 is 22.6 Å². The monoisotopic (exact) mass is 319 g/mol. The Balaban J connectivity index is 1.53. The second-order valence-corrected chi connectivity index (χ2v) is 5.39. The molecular weight excluding hydrogens is 302 g/mol. The van der Waals surface area contributed by atoms with E-state index < -0.39 is 5.97 Å². The molecule has 24 heavy (non-hydrogen) atoms. The third kappa shape index (κ3) is 3.98. The van der Waals surface area contributed by atoms with Crippen LogP contribution in [0.15, 0.2) is 72.8 Å². The maximum atomic E-state index is 12.1. The van der Waals surface area contributed by atoms with Gasteiger partial charge in [0.2, 0.25) is 0 Å². The third-order valence-electron chi connectivity index (χ3n) is 3.65. The van der Waals surface area contributed by atoms with E-state index in [0.717, 1.165) is 16.3 Å². The molecule has 0 atom stereocenters. The number of nitrogens with one attached hydrogen (secondary N) is 1. The van der Waals surface area contributed by atoms with Gasteiger partial charge in [0.15, 0.2) is 0 Å². The van der Waals surface area contributed by atoms with Gasteiger partial charge in [-0.3, -0.25) is 9.59 Å². The van der Waals surface area contributed by atoms with Gasteiger partial charge >= 0.3 is 5.97 Å². The number of rotatable bonds is 5. The molecule has 3 aromatic rings. The molecule has 3 aromatic carbocycles. The molecule has 0 unspecified atom stereocenters. The molecule has 3 rings (SSSR count). The number of benzene rings is 3. The van der Waals surface area contributed by atoms with Crippen LogP contribution in [0.2, 0.25) is 0 Å². The van der Waals surface area contributed by atoms with Crippen molar-refractivity contribution in [1.82, 2.24) is 5.32 Å². The summed E-state index contributed by atoms with van der Waals surface area (Å²) in [5.74, 6) is -0.759. The summed E-state index contributed by atoms with van der Waals surface area (Å²) in [5.41, 5.74) is 1.43.